The zero-order valence-corrected chi connectivity index (χ0v) is 12.7. The summed E-state index contributed by atoms with van der Waals surface area (Å²) >= 11 is 0. The minimum absolute atomic E-state index is 0.244. The lowest BCUT2D eigenvalue weighted by Gasteiger charge is -2.15. The second-order valence-electron chi connectivity index (χ2n) is 5.24. The third-order valence-electron chi connectivity index (χ3n) is 3.29. The predicted molar refractivity (Wildman–Crippen MR) is 81.0 cm³/mol. The smallest absolute Gasteiger partial charge is 0.150 e. The number of benzene rings is 1. The van der Waals surface area contributed by atoms with Crippen LogP contribution >= 0.6 is 0 Å². The first-order chi connectivity index (χ1) is 8.96. The van der Waals surface area contributed by atoms with Gasteiger partial charge < -0.3 is 5.73 Å². The molecule has 1 aromatic carbocycles. The average Bonchev–Trinajstić information content (AvgIpc) is 2.34. The summed E-state index contributed by atoms with van der Waals surface area (Å²) in [4.78, 5) is 0. The van der Waals surface area contributed by atoms with E-state index in [1.807, 2.05) is 13.0 Å². The van der Waals surface area contributed by atoms with E-state index in [0.717, 1.165) is 6.42 Å². The zero-order valence-electron chi connectivity index (χ0n) is 11.9. The molecule has 0 amide bonds. The number of hydrogen-bond acceptors (Lipinski definition) is 3. The van der Waals surface area contributed by atoms with Gasteiger partial charge in [-0.2, -0.15) is 0 Å². The van der Waals surface area contributed by atoms with Crippen molar-refractivity contribution in [1.29, 1.82) is 0 Å². The second kappa shape index (κ2) is 7.65. The van der Waals surface area contributed by atoms with E-state index in [1.54, 1.807) is 0 Å². The van der Waals surface area contributed by atoms with Crippen molar-refractivity contribution in [3.63, 3.8) is 0 Å². The van der Waals surface area contributed by atoms with E-state index in [9.17, 15) is 8.42 Å². The third kappa shape index (κ3) is 6.21. The number of nitrogens with two attached hydrogens (primary N) is 1. The van der Waals surface area contributed by atoms with Crippen molar-refractivity contribution in [2.24, 2.45) is 11.7 Å². The highest BCUT2D eigenvalue weighted by atomic mass is 32.2. The molecule has 1 aromatic rings. The molecule has 0 bridgehead atoms. The lowest BCUT2D eigenvalue weighted by molar-refractivity contribution is 0.511. The molecule has 0 saturated heterocycles. The van der Waals surface area contributed by atoms with Gasteiger partial charge >= 0.3 is 0 Å². The molecule has 0 aromatic heterocycles. The van der Waals surface area contributed by atoms with Gasteiger partial charge in [0.1, 0.15) is 9.84 Å². The summed E-state index contributed by atoms with van der Waals surface area (Å²) in [6, 6.07) is 8.32. The van der Waals surface area contributed by atoms with Gasteiger partial charge in [0.15, 0.2) is 0 Å². The Balaban J connectivity index is 2.55. The monoisotopic (exact) mass is 283 g/mol. The Morgan fingerprint density at radius 3 is 2.58 bits per heavy atom. The van der Waals surface area contributed by atoms with Crippen LogP contribution in [-0.2, 0) is 16.3 Å². The molecule has 1 unspecified atom stereocenters. The van der Waals surface area contributed by atoms with Crippen LogP contribution in [0.5, 0.6) is 0 Å². The largest absolute Gasteiger partial charge is 0.330 e. The van der Waals surface area contributed by atoms with E-state index >= 15 is 0 Å². The minimum Gasteiger partial charge on any atom is -0.330 e. The Bertz CT molecular complexity index is 483. The molecular weight excluding hydrogens is 258 g/mol. The maximum absolute atomic E-state index is 11.7. The van der Waals surface area contributed by atoms with Crippen molar-refractivity contribution in [3.8, 4) is 0 Å². The van der Waals surface area contributed by atoms with E-state index in [1.165, 1.54) is 11.1 Å². The topological polar surface area (TPSA) is 60.2 Å². The average molecular weight is 283 g/mol. The minimum atomic E-state index is -2.89. The Hall–Kier alpha value is -0.870. The van der Waals surface area contributed by atoms with Crippen LogP contribution in [0.1, 0.15) is 30.9 Å². The van der Waals surface area contributed by atoms with Gasteiger partial charge in [-0.25, -0.2) is 8.42 Å². The molecule has 0 aliphatic carbocycles. The zero-order chi connectivity index (χ0) is 14.3. The Morgan fingerprint density at radius 1 is 1.26 bits per heavy atom. The van der Waals surface area contributed by atoms with E-state index in [4.69, 9.17) is 5.73 Å². The Kier molecular flexibility index (Phi) is 6.52. The molecule has 0 aliphatic heterocycles. The molecular formula is C15H25NO2S. The van der Waals surface area contributed by atoms with Gasteiger partial charge in [-0.1, -0.05) is 36.8 Å². The van der Waals surface area contributed by atoms with Crippen molar-refractivity contribution in [3.05, 3.63) is 35.4 Å². The van der Waals surface area contributed by atoms with Gasteiger partial charge in [-0.15, -0.1) is 0 Å². The van der Waals surface area contributed by atoms with Crippen molar-refractivity contribution in [2.45, 2.75) is 33.1 Å². The lowest BCUT2D eigenvalue weighted by Crippen LogP contribution is -2.21. The summed E-state index contributed by atoms with van der Waals surface area (Å²) in [5.74, 6) is 0.789. The van der Waals surface area contributed by atoms with Crippen molar-refractivity contribution >= 4 is 9.84 Å². The molecule has 3 nitrogen and oxygen atoms in total. The van der Waals surface area contributed by atoms with Crippen LogP contribution in [0, 0.1) is 12.8 Å². The highest BCUT2D eigenvalue weighted by Gasteiger charge is 2.14. The summed E-state index contributed by atoms with van der Waals surface area (Å²) in [5.41, 5.74) is 8.23. The van der Waals surface area contributed by atoms with Crippen LogP contribution in [-0.4, -0.2) is 26.5 Å². The normalized spacial score (nSPS) is 13.4. The third-order valence-corrected chi connectivity index (χ3v) is 5.18. The van der Waals surface area contributed by atoms with Gasteiger partial charge in [0, 0.05) is 5.75 Å². The molecule has 0 aliphatic rings. The van der Waals surface area contributed by atoms with Gasteiger partial charge in [0.05, 0.1) is 5.75 Å². The molecule has 0 heterocycles. The first-order valence-electron chi connectivity index (χ1n) is 6.93. The highest BCUT2D eigenvalue weighted by molar-refractivity contribution is 7.91. The fraction of sp³-hybridized carbons (Fsp3) is 0.600. The summed E-state index contributed by atoms with van der Waals surface area (Å²) in [6.45, 7) is 4.49. The van der Waals surface area contributed by atoms with E-state index in [2.05, 4.69) is 25.1 Å². The van der Waals surface area contributed by atoms with Crippen LogP contribution in [0.3, 0.4) is 0 Å². The fourth-order valence-corrected chi connectivity index (χ4v) is 3.75. The van der Waals surface area contributed by atoms with E-state index in [0.29, 0.717) is 19.4 Å². The van der Waals surface area contributed by atoms with Gasteiger partial charge in [0.25, 0.3) is 0 Å². The second-order valence-corrected chi connectivity index (χ2v) is 7.54. The molecule has 1 atom stereocenters. The molecule has 0 radical (unpaired) electrons. The van der Waals surface area contributed by atoms with E-state index < -0.39 is 9.84 Å². The van der Waals surface area contributed by atoms with Crippen molar-refractivity contribution < 1.29 is 8.42 Å². The Morgan fingerprint density at radius 2 is 2.00 bits per heavy atom. The highest BCUT2D eigenvalue weighted by Crippen LogP contribution is 2.14. The molecule has 4 heteroatoms. The molecule has 0 fully saturated rings. The summed E-state index contributed by atoms with van der Waals surface area (Å²) in [6.07, 6.45) is 2.21. The molecule has 2 N–H and O–H groups in total. The SMILES string of the molecule is CCCS(=O)(=O)CCC(CN)Cc1cccc(C)c1. The van der Waals surface area contributed by atoms with Crippen molar-refractivity contribution in [2.75, 3.05) is 18.1 Å². The summed E-state index contributed by atoms with van der Waals surface area (Å²) in [7, 11) is -2.89. The van der Waals surface area contributed by atoms with Gasteiger partial charge in [-0.3, -0.25) is 0 Å². The maximum Gasteiger partial charge on any atom is 0.150 e. The van der Waals surface area contributed by atoms with Gasteiger partial charge in [-0.05, 0) is 44.2 Å². The van der Waals surface area contributed by atoms with Crippen LogP contribution in [0.25, 0.3) is 0 Å². The number of hydrogen-bond donors (Lipinski definition) is 1. The van der Waals surface area contributed by atoms with E-state index in [-0.39, 0.29) is 17.4 Å². The summed E-state index contributed by atoms with van der Waals surface area (Å²) < 4.78 is 23.4. The first-order valence-corrected chi connectivity index (χ1v) is 8.75. The number of rotatable bonds is 8. The molecule has 1 rings (SSSR count). The standard InChI is InChI=1S/C15H25NO2S/c1-3-8-19(17,18)9-7-15(12-16)11-14-6-4-5-13(2)10-14/h4-6,10,15H,3,7-9,11-12,16H2,1-2H3. The lowest BCUT2D eigenvalue weighted by atomic mass is 9.96. The molecule has 19 heavy (non-hydrogen) atoms. The fourth-order valence-electron chi connectivity index (χ4n) is 2.23. The first kappa shape index (κ1) is 16.2. The molecule has 108 valence electrons. The predicted octanol–water partition coefficient (Wildman–Crippen LogP) is 2.33. The maximum atomic E-state index is 11.7. The number of aryl methyl sites for hydroxylation is 1. The van der Waals surface area contributed by atoms with Crippen LogP contribution in [0.2, 0.25) is 0 Å². The quantitative estimate of drug-likeness (QED) is 0.796. The van der Waals surface area contributed by atoms with Crippen LogP contribution in [0.15, 0.2) is 24.3 Å². The summed E-state index contributed by atoms with van der Waals surface area (Å²) in [5, 5.41) is 0. The molecule has 0 saturated carbocycles. The molecule has 0 spiro atoms. The Labute approximate surface area is 117 Å². The van der Waals surface area contributed by atoms with Crippen LogP contribution < -0.4 is 5.73 Å². The van der Waals surface area contributed by atoms with Crippen molar-refractivity contribution in [1.82, 2.24) is 0 Å². The van der Waals surface area contributed by atoms with Gasteiger partial charge in [0.2, 0.25) is 0 Å². The number of sulfone groups is 1. The van der Waals surface area contributed by atoms with Crippen LogP contribution in [0.4, 0.5) is 0 Å².